The van der Waals surface area contributed by atoms with Crippen molar-refractivity contribution >= 4 is 46.6 Å². The van der Waals surface area contributed by atoms with Crippen LogP contribution < -0.4 is 20.5 Å². The third-order valence-corrected chi connectivity index (χ3v) is 3.69. The summed E-state index contributed by atoms with van der Waals surface area (Å²) >= 11 is 1.97. The van der Waals surface area contributed by atoms with Crippen molar-refractivity contribution in [1.29, 1.82) is 5.26 Å². The zero-order valence-electron chi connectivity index (χ0n) is 14.7. The molecule has 0 bridgehead atoms. The summed E-state index contributed by atoms with van der Waals surface area (Å²) in [5, 5.41) is 10.9. The molecule has 0 spiro atoms. The minimum absolute atomic E-state index is 0.242. The summed E-state index contributed by atoms with van der Waals surface area (Å²) in [6.45, 7) is 3.74. The lowest BCUT2D eigenvalue weighted by Crippen LogP contribution is -2.35. The lowest BCUT2D eigenvalue weighted by molar-refractivity contribution is -0.145. The molecule has 27 heavy (non-hydrogen) atoms. The number of primary amides is 1. The molecule has 1 aromatic rings. The van der Waals surface area contributed by atoms with Crippen molar-refractivity contribution in [2.45, 2.75) is 13.8 Å². The summed E-state index contributed by atoms with van der Waals surface area (Å²) < 4.78 is 16.4. The summed E-state index contributed by atoms with van der Waals surface area (Å²) in [6.07, 6.45) is 1.28. The summed E-state index contributed by atoms with van der Waals surface area (Å²) in [6, 6.07) is 3.81. The molecular formula is C17H18IN3O6. The van der Waals surface area contributed by atoms with Crippen molar-refractivity contribution in [1.82, 2.24) is 5.32 Å². The molecule has 0 unspecified atom stereocenters. The monoisotopic (exact) mass is 487 g/mol. The Labute approximate surface area is 169 Å². The fraction of sp³-hybridized carbons (Fsp3) is 0.294. The van der Waals surface area contributed by atoms with Gasteiger partial charge in [-0.3, -0.25) is 10.1 Å². The van der Waals surface area contributed by atoms with E-state index in [1.165, 1.54) is 6.08 Å². The highest BCUT2D eigenvalue weighted by molar-refractivity contribution is 14.1. The molecule has 1 rings (SSSR count). The number of imide groups is 1. The number of nitrogens with zero attached hydrogens (tertiary/aromatic N) is 1. The predicted octanol–water partition coefficient (Wildman–Crippen LogP) is 1.73. The van der Waals surface area contributed by atoms with E-state index in [9.17, 15) is 14.4 Å². The van der Waals surface area contributed by atoms with Gasteiger partial charge in [0, 0.05) is 0 Å². The second kappa shape index (κ2) is 11.0. The van der Waals surface area contributed by atoms with Crippen molar-refractivity contribution in [3.63, 3.8) is 0 Å². The number of nitriles is 1. The van der Waals surface area contributed by atoms with Crippen LogP contribution in [0.1, 0.15) is 19.4 Å². The topological polar surface area (TPSA) is 141 Å². The number of nitrogens with one attached hydrogen (secondary N) is 1. The molecule has 0 saturated heterocycles. The normalized spacial score (nSPS) is 10.5. The number of urea groups is 1. The Morgan fingerprint density at radius 3 is 2.52 bits per heavy atom. The summed E-state index contributed by atoms with van der Waals surface area (Å²) in [5.74, 6) is -0.773. The number of benzene rings is 1. The molecule has 0 aromatic heterocycles. The number of nitrogens with two attached hydrogens (primary N) is 1. The lowest BCUT2D eigenvalue weighted by atomic mass is 10.1. The zero-order valence-corrected chi connectivity index (χ0v) is 16.9. The third kappa shape index (κ3) is 7.14. The van der Waals surface area contributed by atoms with Crippen molar-refractivity contribution in [3.8, 4) is 17.6 Å². The number of esters is 1. The molecule has 0 heterocycles. The fourth-order valence-electron chi connectivity index (χ4n) is 1.90. The Balaban J connectivity index is 3.18. The van der Waals surface area contributed by atoms with Crippen molar-refractivity contribution in [2.24, 2.45) is 5.73 Å². The molecule has 0 radical (unpaired) electrons. The van der Waals surface area contributed by atoms with Gasteiger partial charge in [-0.25, -0.2) is 9.59 Å². The van der Waals surface area contributed by atoms with Crippen LogP contribution in [0.3, 0.4) is 0 Å². The number of carbonyl (C=O) groups excluding carboxylic acids is 3. The van der Waals surface area contributed by atoms with Gasteiger partial charge in [0.2, 0.25) is 0 Å². The van der Waals surface area contributed by atoms with Crippen LogP contribution >= 0.6 is 22.6 Å². The number of hydrogen-bond donors (Lipinski definition) is 2. The van der Waals surface area contributed by atoms with E-state index in [1.807, 2.05) is 27.9 Å². The first-order valence-electron chi connectivity index (χ1n) is 7.79. The average Bonchev–Trinajstić information content (AvgIpc) is 2.58. The van der Waals surface area contributed by atoms with Gasteiger partial charge in [0.15, 0.2) is 18.1 Å². The molecule has 3 amide bonds. The van der Waals surface area contributed by atoms with Gasteiger partial charge in [-0.2, -0.15) is 5.26 Å². The highest BCUT2D eigenvalue weighted by Crippen LogP contribution is 2.35. The van der Waals surface area contributed by atoms with E-state index in [2.05, 4.69) is 0 Å². The van der Waals surface area contributed by atoms with Gasteiger partial charge in [-0.05, 0) is 60.2 Å². The maximum Gasteiger partial charge on any atom is 0.344 e. The molecule has 0 aliphatic rings. The number of amides is 3. The minimum atomic E-state index is -1.06. The van der Waals surface area contributed by atoms with E-state index in [4.69, 9.17) is 25.2 Å². The standard InChI is InChI=1S/C17H18IN3O6/c1-3-25-13-7-10(5-11(8-19)16(23)21-17(20)24)6-12(18)15(13)27-9-14(22)26-4-2/h5-7H,3-4,9H2,1-2H3,(H3,20,21,23,24)/b11-5-. The Hall–Kier alpha value is -2.81. The summed E-state index contributed by atoms with van der Waals surface area (Å²) in [5.41, 5.74) is 5.03. The van der Waals surface area contributed by atoms with Crippen molar-refractivity contribution in [2.75, 3.05) is 19.8 Å². The second-order valence-corrected chi connectivity index (χ2v) is 6.01. The maximum absolute atomic E-state index is 11.8. The van der Waals surface area contributed by atoms with Crippen LogP contribution in [0.4, 0.5) is 4.79 Å². The molecule has 144 valence electrons. The Kier molecular flexibility index (Phi) is 9.07. The van der Waals surface area contributed by atoms with E-state index in [0.717, 1.165) is 0 Å². The second-order valence-electron chi connectivity index (χ2n) is 4.84. The summed E-state index contributed by atoms with van der Waals surface area (Å²) in [4.78, 5) is 34.0. The average molecular weight is 487 g/mol. The SMILES string of the molecule is CCOC(=O)COc1c(I)cc(/C=C(/C#N)C(=O)NC(N)=O)cc1OCC. The molecule has 0 fully saturated rings. The van der Waals surface area contributed by atoms with Crippen LogP contribution in [0.15, 0.2) is 17.7 Å². The van der Waals surface area contributed by atoms with Crippen molar-refractivity contribution < 1.29 is 28.6 Å². The van der Waals surface area contributed by atoms with E-state index >= 15 is 0 Å². The van der Waals surface area contributed by atoms with Gasteiger partial charge in [-0.15, -0.1) is 0 Å². The summed E-state index contributed by atoms with van der Waals surface area (Å²) in [7, 11) is 0. The van der Waals surface area contributed by atoms with Gasteiger partial charge in [0.25, 0.3) is 5.91 Å². The largest absolute Gasteiger partial charge is 0.490 e. The highest BCUT2D eigenvalue weighted by atomic mass is 127. The van der Waals surface area contributed by atoms with Gasteiger partial charge >= 0.3 is 12.0 Å². The van der Waals surface area contributed by atoms with Gasteiger partial charge in [-0.1, -0.05) is 0 Å². The predicted molar refractivity (Wildman–Crippen MR) is 104 cm³/mol. The zero-order chi connectivity index (χ0) is 20.4. The fourth-order valence-corrected chi connectivity index (χ4v) is 2.68. The molecule has 0 atom stereocenters. The molecular weight excluding hydrogens is 469 g/mol. The number of ether oxygens (including phenoxy) is 3. The van der Waals surface area contributed by atoms with Crippen LogP contribution in [0.25, 0.3) is 6.08 Å². The molecule has 10 heteroatoms. The van der Waals surface area contributed by atoms with Gasteiger partial charge < -0.3 is 19.9 Å². The Morgan fingerprint density at radius 1 is 1.26 bits per heavy atom. The Bertz CT molecular complexity index is 801. The van der Waals surface area contributed by atoms with Crippen LogP contribution in [0, 0.1) is 14.9 Å². The molecule has 0 aliphatic heterocycles. The van der Waals surface area contributed by atoms with E-state index in [-0.39, 0.29) is 18.8 Å². The Morgan fingerprint density at radius 2 is 1.96 bits per heavy atom. The van der Waals surface area contributed by atoms with Crippen LogP contribution in [0.5, 0.6) is 11.5 Å². The molecule has 0 saturated carbocycles. The number of hydrogen-bond acceptors (Lipinski definition) is 7. The molecule has 1 aromatic carbocycles. The van der Waals surface area contributed by atoms with Gasteiger partial charge in [0.1, 0.15) is 11.6 Å². The maximum atomic E-state index is 11.8. The first-order chi connectivity index (χ1) is 12.8. The quantitative estimate of drug-likeness (QED) is 0.246. The molecule has 0 aliphatic carbocycles. The first-order valence-corrected chi connectivity index (χ1v) is 8.87. The number of halogens is 1. The first kappa shape index (κ1) is 22.2. The van der Waals surface area contributed by atoms with Crippen molar-refractivity contribution in [3.05, 3.63) is 26.8 Å². The van der Waals surface area contributed by atoms with Crippen LogP contribution in [-0.4, -0.2) is 37.7 Å². The lowest BCUT2D eigenvalue weighted by Gasteiger charge is -2.14. The van der Waals surface area contributed by atoms with Gasteiger partial charge in [0.05, 0.1) is 16.8 Å². The highest BCUT2D eigenvalue weighted by Gasteiger charge is 2.16. The number of rotatable bonds is 8. The van der Waals surface area contributed by atoms with E-state index in [0.29, 0.717) is 27.2 Å². The number of carbonyl (C=O) groups is 3. The molecule has 9 nitrogen and oxygen atoms in total. The van der Waals surface area contributed by atoms with E-state index < -0.39 is 17.9 Å². The third-order valence-electron chi connectivity index (χ3n) is 2.88. The minimum Gasteiger partial charge on any atom is -0.490 e. The smallest absolute Gasteiger partial charge is 0.344 e. The van der Waals surface area contributed by atoms with E-state index in [1.54, 1.807) is 32.0 Å². The van der Waals surface area contributed by atoms with Crippen LogP contribution in [0.2, 0.25) is 0 Å². The van der Waals surface area contributed by atoms with Crippen LogP contribution in [-0.2, 0) is 14.3 Å². The molecule has 3 N–H and O–H groups in total.